The summed E-state index contributed by atoms with van der Waals surface area (Å²) in [5, 5.41) is 8.69. The first-order valence-corrected chi connectivity index (χ1v) is 10.5. The van der Waals surface area contributed by atoms with E-state index < -0.39 is 0 Å². The van der Waals surface area contributed by atoms with E-state index in [-0.39, 0.29) is 18.0 Å². The highest BCUT2D eigenvalue weighted by molar-refractivity contribution is 6.34. The molecular formula is C22H28ClN5O2. The highest BCUT2D eigenvalue weighted by Gasteiger charge is 2.21. The summed E-state index contributed by atoms with van der Waals surface area (Å²) >= 11 is 6.20. The number of carbonyl (C=O) groups excluding carboxylic acids is 2. The van der Waals surface area contributed by atoms with Gasteiger partial charge in [0.05, 0.1) is 10.7 Å². The molecule has 3 rings (SSSR count). The summed E-state index contributed by atoms with van der Waals surface area (Å²) in [7, 11) is 0. The van der Waals surface area contributed by atoms with Gasteiger partial charge in [-0.25, -0.2) is 4.79 Å². The van der Waals surface area contributed by atoms with Crippen LogP contribution in [-0.2, 0) is 4.79 Å². The number of benzene rings is 2. The molecule has 7 nitrogen and oxygen atoms in total. The first-order chi connectivity index (χ1) is 14.4. The molecule has 3 N–H and O–H groups in total. The van der Waals surface area contributed by atoms with Gasteiger partial charge >= 0.3 is 6.03 Å². The van der Waals surface area contributed by atoms with Gasteiger partial charge in [-0.1, -0.05) is 29.8 Å². The Bertz CT molecular complexity index is 869. The Balaban J connectivity index is 1.43. The molecule has 0 radical (unpaired) electrons. The Morgan fingerprint density at radius 2 is 1.73 bits per heavy atom. The average molecular weight is 430 g/mol. The molecule has 1 fully saturated rings. The molecule has 1 aliphatic rings. The number of urea groups is 1. The molecule has 30 heavy (non-hydrogen) atoms. The van der Waals surface area contributed by atoms with E-state index in [1.165, 1.54) is 12.6 Å². The normalized spacial score (nSPS) is 15.4. The van der Waals surface area contributed by atoms with E-state index >= 15 is 0 Å². The fourth-order valence-corrected chi connectivity index (χ4v) is 3.72. The quantitative estimate of drug-likeness (QED) is 0.655. The summed E-state index contributed by atoms with van der Waals surface area (Å²) in [4.78, 5) is 28.2. The van der Waals surface area contributed by atoms with Gasteiger partial charge in [0.25, 0.3) is 0 Å². The van der Waals surface area contributed by atoms with E-state index in [1.54, 1.807) is 18.2 Å². The lowest BCUT2D eigenvalue weighted by molar-refractivity contribution is -0.114. The Morgan fingerprint density at radius 1 is 1.03 bits per heavy atom. The van der Waals surface area contributed by atoms with Gasteiger partial charge in [-0.15, -0.1) is 0 Å². The molecule has 0 aromatic heterocycles. The van der Waals surface area contributed by atoms with E-state index in [0.29, 0.717) is 22.9 Å². The van der Waals surface area contributed by atoms with Crippen molar-refractivity contribution in [3.8, 4) is 0 Å². The molecule has 2 aromatic carbocycles. The van der Waals surface area contributed by atoms with Crippen LogP contribution < -0.4 is 20.9 Å². The second-order valence-corrected chi connectivity index (χ2v) is 7.83. The zero-order chi connectivity index (χ0) is 21.5. The maximum Gasteiger partial charge on any atom is 0.319 e. The van der Waals surface area contributed by atoms with Gasteiger partial charge in [-0.2, -0.15) is 0 Å². The summed E-state index contributed by atoms with van der Waals surface area (Å²) in [5.41, 5.74) is 2.33. The minimum absolute atomic E-state index is 0.178. The summed E-state index contributed by atoms with van der Waals surface area (Å²) in [6.45, 7) is 7.93. The Labute approximate surface area is 182 Å². The molecule has 160 valence electrons. The van der Waals surface area contributed by atoms with Crippen molar-refractivity contribution in [2.75, 3.05) is 48.3 Å². The van der Waals surface area contributed by atoms with Crippen LogP contribution in [0.5, 0.6) is 0 Å². The molecule has 1 saturated heterocycles. The van der Waals surface area contributed by atoms with Crippen molar-refractivity contribution in [1.82, 2.24) is 10.2 Å². The van der Waals surface area contributed by atoms with Gasteiger partial charge in [-0.3, -0.25) is 9.69 Å². The van der Waals surface area contributed by atoms with Crippen molar-refractivity contribution >= 4 is 40.6 Å². The minimum Gasteiger partial charge on any atom is -0.369 e. The van der Waals surface area contributed by atoms with Crippen LogP contribution in [0.15, 0.2) is 48.5 Å². The highest BCUT2D eigenvalue weighted by Crippen LogP contribution is 2.25. The summed E-state index contributed by atoms with van der Waals surface area (Å²) in [6.07, 6.45) is 0. The van der Waals surface area contributed by atoms with Crippen molar-refractivity contribution in [2.24, 2.45) is 0 Å². The predicted molar refractivity (Wildman–Crippen MR) is 122 cm³/mol. The van der Waals surface area contributed by atoms with E-state index in [9.17, 15) is 9.59 Å². The third-order valence-electron chi connectivity index (χ3n) is 5.15. The molecular weight excluding hydrogens is 402 g/mol. The smallest absolute Gasteiger partial charge is 0.319 e. The molecule has 0 bridgehead atoms. The van der Waals surface area contributed by atoms with Gasteiger partial charge in [-0.05, 0) is 37.3 Å². The van der Waals surface area contributed by atoms with Crippen molar-refractivity contribution in [2.45, 2.75) is 19.9 Å². The minimum atomic E-state index is -0.307. The number of para-hydroxylation sites is 1. The van der Waals surface area contributed by atoms with Crippen molar-refractivity contribution in [3.63, 3.8) is 0 Å². The largest absolute Gasteiger partial charge is 0.369 e. The number of halogens is 1. The molecule has 1 aliphatic heterocycles. The lowest BCUT2D eigenvalue weighted by atomic mass is 10.2. The third kappa shape index (κ3) is 6.11. The van der Waals surface area contributed by atoms with Crippen LogP contribution in [0.4, 0.5) is 21.9 Å². The first kappa shape index (κ1) is 21.9. The lowest BCUT2D eigenvalue weighted by Gasteiger charge is -2.39. The average Bonchev–Trinajstić information content (AvgIpc) is 2.74. The highest BCUT2D eigenvalue weighted by atomic mass is 35.5. The SMILES string of the molecule is CC(=O)Nc1ccc(NC(=O)NCC(C)N2CCN(c3ccccc3)CC2)c(Cl)c1. The Morgan fingerprint density at radius 3 is 2.37 bits per heavy atom. The summed E-state index contributed by atoms with van der Waals surface area (Å²) < 4.78 is 0. The molecule has 3 amide bonds. The Hall–Kier alpha value is -2.77. The van der Waals surface area contributed by atoms with Gasteiger partial charge < -0.3 is 20.9 Å². The summed E-state index contributed by atoms with van der Waals surface area (Å²) in [5.74, 6) is -0.178. The van der Waals surface area contributed by atoms with Crippen LogP contribution in [0.25, 0.3) is 0 Å². The number of rotatable bonds is 6. The molecule has 0 aliphatic carbocycles. The molecule has 8 heteroatoms. The zero-order valence-electron chi connectivity index (χ0n) is 17.3. The van der Waals surface area contributed by atoms with E-state index in [4.69, 9.17) is 11.6 Å². The number of piperazine rings is 1. The van der Waals surface area contributed by atoms with Crippen molar-refractivity contribution < 1.29 is 9.59 Å². The number of nitrogens with zero attached hydrogens (tertiary/aromatic N) is 2. The third-order valence-corrected chi connectivity index (χ3v) is 5.47. The number of hydrogen-bond donors (Lipinski definition) is 3. The van der Waals surface area contributed by atoms with Crippen LogP contribution in [-0.4, -0.2) is 55.6 Å². The van der Waals surface area contributed by atoms with E-state index in [0.717, 1.165) is 26.2 Å². The van der Waals surface area contributed by atoms with Crippen LogP contribution >= 0.6 is 11.6 Å². The van der Waals surface area contributed by atoms with Crippen molar-refractivity contribution in [3.05, 3.63) is 53.6 Å². The summed E-state index contributed by atoms with van der Waals surface area (Å²) in [6, 6.07) is 15.3. The lowest BCUT2D eigenvalue weighted by Crippen LogP contribution is -2.52. The number of anilines is 3. The fourth-order valence-electron chi connectivity index (χ4n) is 3.49. The molecule has 1 atom stereocenters. The van der Waals surface area contributed by atoms with Gasteiger partial charge in [0.1, 0.15) is 0 Å². The molecule has 2 aromatic rings. The topological polar surface area (TPSA) is 76.7 Å². The Kier molecular flexibility index (Phi) is 7.54. The molecule has 1 unspecified atom stereocenters. The van der Waals surface area contributed by atoms with Gasteiger partial charge in [0.15, 0.2) is 0 Å². The van der Waals surface area contributed by atoms with Gasteiger partial charge in [0.2, 0.25) is 5.91 Å². The van der Waals surface area contributed by atoms with Crippen molar-refractivity contribution in [1.29, 1.82) is 0 Å². The number of amides is 3. The van der Waals surface area contributed by atoms with E-state index in [2.05, 4.69) is 56.9 Å². The maximum atomic E-state index is 12.3. The zero-order valence-corrected chi connectivity index (χ0v) is 18.1. The molecule has 1 heterocycles. The fraction of sp³-hybridized carbons (Fsp3) is 0.364. The maximum absolute atomic E-state index is 12.3. The standard InChI is InChI=1S/C22H28ClN5O2/c1-16(27-10-12-28(13-11-27)19-6-4-3-5-7-19)15-24-22(30)26-21-9-8-18(14-20(21)23)25-17(2)29/h3-9,14,16H,10-13,15H2,1-2H3,(H,25,29)(H2,24,26,30). The second-order valence-electron chi connectivity index (χ2n) is 7.42. The monoisotopic (exact) mass is 429 g/mol. The van der Waals surface area contributed by atoms with Crippen LogP contribution in [0.1, 0.15) is 13.8 Å². The van der Waals surface area contributed by atoms with Crippen LogP contribution in [0.3, 0.4) is 0 Å². The second kappa shape index (κ2) is 10.3. The van der Waals surface area contributed by atoms with Gasteiger partial charge in [0, 0.05) is 57.1 Å². The first-order valence-electron chi connectivity index (χ1n) is 10.1. The number of carbonyl (C=O) groups is 2. The van der Waals surface area contributed by atoms with Crippen LogP contribution in [0, 0.1) is 0 Å². The predicted octanol–water partition coefficient (Wildman–Crippen LogP) is 3.63. The molecule has 0 spiro atoms. The van der Waals surface area contributed by atoms with Crippen LogP contribution in [0.2, 0.25) is 5.02 Å². The van der Waals surface area contributed by atoms with E-state index in [1.807, 2.05) is 6.07 Å². The molecule has 0 saturated carbocycles. The number of nitrogens with one attached hydrogen (secondary N) is 3. The number of hydrogen-bond acceptors (Lipinski definition) is 4.